The van der Waals surface area contributed by atoms with Crippen LogP contribution in [0.1, 0.15) is 25.8 Å². The molecule has 96 valence electrons. The first-order valence-corrected chi connectivity index (χ1v) is 7.86. The molecule has 4 heteroatoms. The minimum Gasteiger partial charge on any atom is -0.394 e. The summed E-state index contributed by atoms with van der Waals surface area (Å²) in [5.41, 5.74) is 6.90. The van der Waals surface area contributed by atoms with E-state index in [9.17, 15) is 0 Å². The third-order valence-electron chi connectivity index (χ3n) is 2.60. The van der Waals surface area contributed by atoms with Crippen molar-refractivity contribution >= 4 is 14.5 Å². The summed E-state index contributed by atoms with van der Waals surface area (Å²) in [4.78, 5) is 0. The number of aryl methyl sites for hydroxylation is 1. The maximum Gasteiger partial charge on any atom is 0.356 e. The van der Waals surface area contributed by atoms with Gasteiger partial charge in [-0.15, -0.1) is 0 Å². The number of rotatable bonds is 8. The van der Waals surface area contributed by atoms with Gasteiger partial charge >= 0.3 is 9.28 Å². The first-order chi connectivity index (χ1) is 8.33. The lowest BCUT2D eigenvalue weighted by Gasteiger charge is -2.18. The van der Waals surface area contributed by atoms with Crippen LogP contribution in [0, 0.1) is 0 Å². The molecule has 0 spiro atoms. The van der Waals surface area contributed by atoms with Crippen molar-refractivity contribution < 1.29 is 8.85 Å². The number of hydrogen-bond donors (Lipinski definition) is 1. The Hall–Kier alpha value is -0.683. The van der Waals surface area contributed by atoms with Crippen LogP contribution >= 0.6 is 0 Å². The summed E-state index contributed by atoms with van der Waals surface area (Å²) in [6.45, 7) is 6.18. The zero-order valence-corrected chi connectivity index (χ0v) is 12.0. The average Bonchev–Trinajstić information content (AvgIpc) is 2.36. The van der Waals surface area contributed by atoms with Crippen LogP contribution in [0.25, 0.3) is 0 Å². The number of hydrogen-bond acceptors (Lipinski definition) is 3. The Morgan fingerprint density at radius 2 is 1.76 bits per heavy atom. The SMILES string of the molecule is CCO[SiH](OCC)c1ccccc1CCCN. The Bertz CT molecular complexity index is 314. The zero-order valence-electron chi connectivity index (χ0n) is 10.8. The van der Waals surface area contributed by atoms with Gasteiger partial charge < -0.3 is 14.6 Å². The Kier molecular flexibility index (Phi) is 7.12. The van der Waals surface area contributed by atoms with Gasteiger partial charge in [0.1, 0.15) is 0 Å². The second-order valence-corrected chi connectivity index (χ2v) is 5.79. The van der Waals surface area contributed by atoms with E-state index >= 15 is 0 Å². The molecule has 0 heterocycles. The van der Waals surface area contributed by atoms with Crippen molar-refractivity contribution in [3.05, 3.63) is 29.8 Å². The average molecular weight is 253 g/mol. The molecule has 1 aromatic carbocycles. The molecule has 3 nitrogen and oxygen atoms in total. The van der Waals surface area contributed by atoms with Gasteiger partial charge in [-0.25, -0.2) is 0 Å². The highest BCUT2D eigenvalue weighted by molar-refractivity contribution is 6.61. The molecule has 0 amide bonds. The van der Waals surface area contributed by atoms with Crippen LogP contribution in [0.3, 0.4) is 0 Å². The Labute approximate surface area is 106 Å². The lowest BCUT2D eigenvalue weighted by molar-refractivity contribution is 0.225. The van der Waals surface area contributed by atoms with Crippen molar-refractivity contribution in [2.45, 2.75) is 26.7 Å². The quantitative estimate of drug-likeness (QED) is 0.705. The highest BCUT2D eigenvalue weighted by atomic mass is 28.3. The van der Waals surface area contributed by atoms with E-state index in [-0.39, 0.29) is 0 Å². The fourth-order valence-corrected chi connectivity index (χ4v) is 3.69. The molecule has 0 aromatic heterocycles. The fraction of sp³-hybridized carbons (Fsp3) is 0.538. The van der Waals surface area contributed by atoms with Crippen molar-refractivity contribution in [3.63, 3.8) is 0 Å². The molecule has 1 rings (SSSR count). The molecule has 0 unspecified atom stereocenters. The van der Waals surface area contributed by atoms with Crippen LogP contribution in [0.4, 0.5) is 0 Å². The predicted molar refractivity (Wildman–Crippen MR) is 73.9 cm³/mol. The van der Waals surface area contributed by atoms with Crippen molar-refractivity contribution in [2.24, 2.45) is 5.73 Å². The van der Waals surface area contributed by atoms with E-state index in [0.717, 1.165) is 19.4 Å². The van der Waals surface area contributed by atoms with Gasteiger partial charge in [0, 0.05) is 13.2 Å². The Morgan fingerprint density at radius 3 is 2.35 bits per heavy atom. The first kappa shape index (κ1) is 14.4. The van der Waals surface area contributed by atoms with Gasteiger partial charge in [-0.05, 0) is 44.0 Å². The van der Waals surface area contributed by atoms with Gasteiger partial charge in [0.2, 0.25) is 0 Å². The molecule has 0 saturated heterocycles. The molecule has 0 fully saturated rings. The standard InChI is InChI=1S/C13H23NO2Si/c1-3-15-17(16-4-2)13-10-6-5-8-12(13)9-7-11-14/h5-6,8,10,17H,3-4,7,9,11,14H2,1-2H3. The smallest absolute Gasteiger partial charge is 0.356 e. The molecule has 0 aliphatic heterocycles. The maximum absolute atomic E-state index is 5.77. The molecule has 0 saturated carbocycles. The van der Waals surface area contributed by atoms with Gasteiger partial charge in [-0.1, -0.05) is 24.3 Å². The molecule has 0 radical (unpaired) electrons. The van der Waals surface area contributed by atoms with Crippen molar-refractivity contribution in [1.82, 2.24) is 0 Å². The highest BCUT2D eigenvalue weighted by Crippen LogP contribution is 2.04. The van der Waals surface area contributed by atoms with Crippen LogP contribution in [-0.4, -0.2) is 29.0 Å². The van der Waals surface area contributed by atoms with E-state index in [1.54, 1.807) is 0 Å². The van der Waals surface area contributed by atoms with Crippen molar-refractivity contribution in [2.75, 3.05) is 19.8 Å². The first-order valence-electron chi connectivity index (χ1n) is 6.34. The third kappa shape index (κ3) is 4.59. The summed E-state index contributed by atoms with van der Waals surface area (Å²) in [7, 11) is -1.71. The van der Waals surface area contributed by atoms with Crippen LogP contribution < -0.4 is 10.9 Å². The van der Waals surface area contributed by atoms with Gasteiger partial charge in [0.15, 0.2) is 0 Å². The van der Waals surface area contributed by atoms with Crippen LogP contribution in [0.5, 0.6) is 0 Å². The van der Waals surface area contributed by atoms with Gasteiger partial charge in [-0.3, -0.25) is 0 Å². The summed E-state index contributed by atoms with van der Waals surface area (Å²) in [6.07, 6.45) is 2.02. The molecule has 1 aromatic rings. The van der Waals surface area contributed by atoms with E-state index < -0.39 is 9.28 Å². The minimum atomic E-state index is -1.71. The molecule has 0 aliphatic rings. The topological polar surface area (TPSA) is 44.5 Å². The number of nitrogens with two attached hydrogens (primary N) is 1. The lowest BCUT2D eigenvalue weighted by atomic mass is 10.1. The summed E-state index contributed by atoms with van der Waals surface area (Å²) in [5.74, 6) is 0. The largest absolute Gasteiger partial charge is 0.394 e. The normalized spacial score (nSPS) is 11.1. The van der Waals surface area contributed by atoms with E-state index in [1.165, 1.54) is 10.8 Å². The fourth-order valence-electron chi connectivity index (χ4n) is 1.81. The predicted octanol–water partition coefficient (Wildman–Crippen LogP) is 1.08. The van der Waals surface area contributed by atoms with Crippen molar-refractivity contribution in [3.8, 4) is 0 Å². The summed E-state index contributed by atoms with van der Waals surface area (Å²) < 4.78 is 11.5. The summed E-state index contributed by atoms with van der Waals surface area (Å²) in [5, 5.41) is 1.27. The Morgan fingerprint density at radius 1 is 1.12 bits per heavy atom. The molecule has 0 bridgehead atoms. The van der Waals surface area contributed by atoms with E-state index in [1.807, 2.05) is 13.8 Å². The van der Waals surface area contributed by atoms with Crippen molar-refractivity contribution in [1.29, 1.82) is 0 Å². The van der Waals surface area contributed by atoms with E-state index in [2.05, 4.69) is 24.3 Å². The molecule has 0 atom stereocenters. The van der Waals surface area contributed by atoms with E-state index in [4.69, 9.17) is 14.6 Å². The highest BCUT2D eigenvalue weighted by Gasteiger charge is 2.18. The second-order valence-electron chi connectivity index (χ2n) is 3.83. The molecular weight excluding hydrogens is 230 g/mol. The molecule has 0 aliphatic carbocycles. The third-order valence-corrected chi connectivity index (χ3v) is 4.94. The molecule has 17 heavy (non-hydrogen) atoms. The Balaban J connectivity index is 2.83. The van der Waals surface area contributed by atoms with Crippen LogP contribution in [0.2, 0.25) is 0 Å². The van der Waals surface area contributed by atoms with Crippen LogP contribution in [-0.2, 0) is 15.3 Å². The van der Waals surface area contributed by atoms with Crippen LogP contribution in [0.15, 0.2) is 24.3 Å². The molecular formula is C13H23NO2Si. The minimum absolute atomic E-state index is 0.710. The van der Waals surface area contributed by atoms with Gasteiger partial charge in [-0.2, -0.15) is 0 Å². The lowest BCUT2D eigenvalue weighted by Crippen LogP contribution is -2.39. The second kappa shape index (κ2) is 8.41. The van der Waals surface area contributed by atoms with E-state index in [0.29, 0.717) is 13.2 Å². The maximum atomic E-state index is 5.77. The van der Waals surface area contributed by atoms with Gasteiger partial charge in [0.05, 0.1) is 0 Å². The molecule has 2 N–H and O–H groups in total. The summed E-state index contributed by atoms with van der Waals surface area (Å²) >= 11 is 0. The van der Waals surface area contributed by atoms with Gasteiger partial charge in [0.25, 0.3) is 0 Å². The summed E-state index contributed by atoms with van der Waals surface area (Å²) in [6, 6.07) is 8.41. The number of benzene rings is 1. The zero-order chi connectivity index (χ0) is 12.5. The monoisotopic (exact) mass is 253 g/mol.